The maximum absolute atomic E-state index is 13.0. The largest absolute Gasteiger partial charge is 0.356 e. The normalized spacial score (nSPS) is 24.5. The highest BCUT2D eigenvalue weighted by atomic mass is 32.1. The quantitative estimate of drug-likeness (QED) is 0.837. The number of H-pyrrole nitrogens is 1. The molecule has 2 aliphatic heterocycles. The molecule has 2 N–H and O–H groups in total. The van der Waals surface area contributed by atoms with Gasteiger partial charge in [-0.05, 0) is 37.4 Å². The summed E-state index contributed by atoms with van der Waals surface area (Å²) < 4.78 is 0. The summed E-state index contributed by atoms with van der Waals surface area (Å²) in [5.74, 6) is 0.0858. The molecule has 1 spiro atoms. The van der Waals surface area contributed by atoms with Gasteiger partial charge in [0.15, 0.2) is 0 Å². The average Bonchev–Trinajstić information content (AvgIpc) is 3.29. The minimum Gasteiger partial charge on any atom is -0.356 e. The highest BCUT2D eigenvalue weighted by Crippen LogP contribution is 2.31. The van der Waals surface area contributed by atoms with Crippen molar-refractivity contribution in [2.75, 3.05) is 33.2 Å². The fourth-order valence-corrected chi connectivity index (χ4v) is 4.58. The molecule has 0 saturated carbocycles. The van der Waals surface area contributed by atoms with E-state index in [4.69, 9.17) is 0 Å². The van der Waals surface area contributed by atoms with Crippen molar-refractivity contribution in [3.05, 3.63) is 28.6 Å². The lowest BCUT2D eigenvalue weighted by molar-refractivity contribution is -0.121. The molecule has 0 aromatic carbocycles. The van der Waals surface area contributed by atoms with Gasteiger partial charge in [0, 0.05) is 49.1 Å². The second kappa shape index (κ2) is 6.85. The molecule has 4 rings (SSSR count). The van der Waals surface area contributed by atoms with Gasteiger partial charge in [-0.2, -0.15) is 16.4 Å². The average molecular weight is 373 g/mol. The molecule has 2 saturated heterocycles. The lowest BCUT2D eigenvalue weighted by Gasteiger charge is -2.49. The first-order valence-electron chi connectivity index (χ1n) is 8.93. The maximum Gasteiger partial charge on any atom is 0.271 e. The van der Waals surface area contributed by atoms with Gasteiger partial charge in [-0.25, -0.2) is 0 Å². The molecule has 0 unspecified atom stereocenters. The van der Waals surface area contributed by atoms with E-state index in [9.17, 15) is 9.59 Å². The van der Waals surface area contributed by atoms with E-state index in [1.807, 2.05) is 27.8 Å². The summed E-state index contributed by atoms with van der Waals surface area (Å²) in [5, 5.41) is 14.1. The molecule has 4 heterocycles. The van der Waals surface area contributed by atoms with E-state index < -0.39 is 0 Å². The zero-order valence-electron chi connectivity index (χ0n) is 14.8. The van der Waals surface area contributed by atoms with E-state index in [1.165, 1.54) is 0 Å². The molecule has 1 atom stereocenters. The molecule has 8 heteroatoms. The van der Waals surface area contributed by atoms with Gasteiger partial charge in [0.2, 0.25) is 5.91 Å². The Bertz CT molecular complexity index is 802. The van der Waals surface area contributed by atoms with Crippen LogP contribution in [0.3, 0.4) is 0 Å². The number of carbonyl (C=O) groups is 2. The van der Waals surface area contributed by atoms with E-state index in [0.29, 0.717) is 31.7 Å². The highest BCUT2D eigenvalue weighted by molar-refractivity contribution is 7.08. The molecule has 2 aromatic heterocycles. The summed E-state index contributed by atoms with van der Waals surface area (Å²) in [5.41, 5.74) is 2.20. The molecule has 0 bridgehead atoms. The Labute approximate surface area is 156 Å². The van der Waals surface area contributed by atoms with Crippen LogP contribution in [0.25, 0.3) is 11.3 Å². The van der Waals surface area contributed by atoms with Crippen LogP contribution in [0.15, 0.2) is 22.9 Å². The molecule has 2 amide bonds. The van der Waals surface area contributed by atoms with Gasteiger partial charge in [-0.3, -0.25) is 19.6 Å². The van der Waals surface area contributed by atoms with Gasteiger partial charge >= 0.3 is 0 Å². The number of hydrogen-bond acceptors (Lipinski definition) is 5. The van der Waals surface area contributed by atoms with Crippen LogP contribution in [-0.4, -0.2) is 70.6 Å². The predicted molar refractivity (Wildman–Crippen MR) is 100 cm³/mol. The lowest BCUT2D eigenvalue weighted by Crippen LogP contribution is -2.62. The van der Waals surface area contributed by atoms with Crippen molar-refractivity contribution in [3.63, 3.8) is 0 Å². The van der Waals surface area contributed by atoms with Gasteiger partial charge in [-0.1, -0.05) is 0 Å². The van der Waals surface area contributed by atoms with Crippen molar-refractivity contribution >= 4 is 23.2 Å². The van der Waals surface area contributed by atoms with E-state index in [2.05, 4.69) is 27.5 Å². The Morgan fingerprint density at radius 2 is 2.23 bits per heavy atom. The first-order valence-corrected chi connectivity index (χ1v) is 9.87. The number of aromatic amines is 1. The Balaban J connectivity index is 1.52. The Kier molecular flexibility index (Phi) is 4.54. The topological polar surface area (TPSA) is 81.3 Å². The number of likely N-dealkylation sites (N-methyl/N-ethyl adjacent to an activating group) is 1. The summed E-state index contributed by atoms with van der Waals surface area (Å²) in [6.07, 6.45) is 2.16. The molecular weight excluding hydrogens is 350 g/mol. The number of hydrogen-bond donors (Lipinski definition) is 2. The summed E-state index contributed by atoms with van der Waals surface area (Å²) in [6.45, 7) is 2.80. The summed E-state index contributed by atoms with van der Waals surface area (Å²) in [7, 11) is 2.10. The third kappa shape index (κ3) is 3.14. The second-order valence-corrected chi connectivity index (χ2v) is 7.93. The molecule has 2 aromatic rings. The standard InChI is InChI=1S/C18H23N5O2S/c1-22-7-8-23(12-18(22)4-2-16(24)19-6-5-18)17(25)15-10-14(20-21-15)13-3-9-26-11-13/h3,9-11H,2,4-8,12H2,1H3,(H,19,24)(H,20,21)/t18-/m1/s1. The number of aromatic nitrogens is 2. The molecular formula is C18H23N5O2S. The smallest absolute Gasteiger partial charge is 0.271 e. The van der Waals surface area contributed by atoms with Crippen LogP contribution in [-0.2, 0) is 4.79 Å². The Hall–Kier alpha value is -2.19. The van der Waals surface area contributed by atoms with Crippen LogP contribution in [0, 0.1) is 0 Å². The highest BCUT2D eigenvalue weighted by Gasteiger charge is 2.42. The fourth-order valence-electron chi connectivity index (χ4n) is 3.93. The maximum atomic E-state index is 13.0. The second-order valence-electron chi connectivity index (χ2n) is 7.15. The minimum absolute atomic E-state index is 0.0185. The molecule has 138 valence electrons. The number of thiophene rings is 1. The molecule has 2 fully saturated rings. The van der Waals surface area contributed by atoms with Gasteiger partial charge in [-0.15, -0.1) is 0 Å². The van der Waals surface area contributed by atoms with E-state index in [0.717, 1.165) is 30.6 Å². The summed E-state index contributed by atoms with van der Waals surface area (Å²) in [4.78, 5) is 29.0. The van der Waals surface area contributed by atoms with Crippen molar-refractivity contribution < 1.29 is 9.59 Å². The number of amides is 2. The number of nitrogens with zero attached hydrogens (tertiary/aromatic N) is 3. The van der Waals surface area contributed by atoms with E-state index in [-0.39, 0.29) is 17.4 Å². The van der Waals surface area contributed by atoms with E-state index >= 15 is 0 Å². The van der Waals surface area contributed by atoms with Crippen LogP contribution in [0.4, 0.5) is 0 Å². The van der Waals surface area contributed by atoms with Crippen molar-refractivity contribution in [1.29, 1.82) is 0 Å². The van der Waals surface area contributed by atoms with Crippen molar-refractivity contribution in [3.8, 4) is 11.3 Å². The van der Waals surface area contributed by atoms with Gasteiger partial charge in [0.1, 0.15) is 5.69 Å². The number of carbonyl (C=O) groups excluding carboxylic acids is 2. The molecule has 0 radical (unpaired) electrons. The Morgan fingerprint density at radius 3 is 3.04 bits per heavy atom. The molecule has 0 aliphatic carbocycles. The lowest BCUT2D eigenvalue weighted by atomic mass is 9.86. The minimum atomic E-state index is -0.136. The van der Waals surface area contributed by atoms with Gasteiger partial charge in [0.25, 0.3) is 5.91 Å². The first kappa shape index (κ1) is 17.2. The molecule has 2 aliphatic rings. The summed E-state index contributed by atoms with van der Waals surface area (Å²) in [6, 6.07) is 3.82. The number of rotatable bonds is 2. The predicted octanol–water partition coefficient (Wildman–Crippen LogP) is 1.56. The van der Waals surface area contributed by atoms with Crippen LogP contribution >= 0.6 is 11.3 Å². The van der Waals surface area contributed by atoms with Crippen molar-refractivity contribution in [1.82, 2.24) is 25.3 Å². The van der Waals surface area contributed by atoms with Crippen LogP contribution in [0.5, 0.6) is 0 Å². The van der Waals surface area contributed by atoms with Crippen molar-refractivity contribution in [2.24, 2.45) is 0 Å². The molecule has 26 heavy (non-hydrogen) atoms. The van der Waals surface area contributed by atoms with Gasteiger partial charge < -0.3 is 10.2 Å². The fraction of sp³-hybridized carbons (Fsp3) is 0.500. The van der Waals surface area contributed by atoms with Gasteiger partial charge in [0.05, 0.1) is 5.69 Å². The molecule has 7 nitrogen and oxygen atoms in total. The van der Waals surface area contributed by atoms with E-state index in [1.54, 1.807) is 11.3 Å². The zero-order chi connectivity index (χ0) is 18.1. The van der Waals surface area contributed by atoms with Crippen molar-refractivity contribution in [2.45, 2.75) is 24.8 Å². The monoisotopic (exact) mass is 373 g/mol. The van der Waals surface area contributed by atoms with Crippen LogP contribution in [0.1, 0.15) is 29.8 Å². The zero-order valence-corrected chi connectivity index (χ0v) is 15.6. The third-order valence-corrected chi connectivity index (χ3v) is 6.33. The number of nitrogens with one attached hydrogen (secondary N) is 2. The number of piperazine rings is 1. The van der Waals surface area contributed by atoms with Crippen LogP contribution in [0.2, 0.25) is 0 Å². The van der Waals surface area contributed by atoms with Crippen LogP contribution < -0.4 is 5.32 Å². The Morgan fingerprint density at radius 1 is 1.35 bits per heavy atom. The SMILES string of the molecule is CN1CCN(C(=O)c2cc(-c3ccsc3)n[nH]2)C[C@@]12CCNC(=O)CC2. The summed E-state index contributed by atoms with van der Waals surface area (Å²) >= 11 is 1.61. The third-order valence-electron chi connectivity index (χ3n) is 5.64. The first-order chi connectivity index (χ1) is 12.6.